The molecule has 0 saturated carbocycles. The molecule has 0 bridgehead atoms. The molecule has 1 N–H and O–H groups in total. The molecule has 0 fully saturated rings. The van der Waals surface area contributed by atoms with Crippen LogP contribution >= 0.6 is 11.8 Å². The highest BCUT2D eigenvalue weighted by Gasteiger charge is 2.17. The van der Waals surface area contributed by atoms with Crippen LogP contribution in [0.25, 0.3) is 10.9 Å². The number of hydrogen-bond acceptors (Lipinski definition) is 3. The van der Waals surface area contributed by atoms with Crippen molar-refractivity contribution in [3.8, 4) is 0 Å². The number of nitrogens with one attached hydrogen (secondary N) is 1. The Morgan fingerprint density at radius 1 is 0.806 bits per heavy atom. The van der Waals surface area contributed by atoms with Crippen molar-refractivity contribution in [3.05, 3.63) is 113 Å². The van der Waals surface area contributed by atoms with Crippen LogP contribution < -0.4 is 0 Å². The number of fused-ring (bicyclic) bond motifs is 1. The molecule has 0 radical (unpaired) electrons. The van der Waals surface area contributed by atoms with Crippen molar-refractivity contribution in [2.24, 2.45) is 0 Å². The van der Waals surface area contributed by atoms with E-state index in [2.05, 4.69) is 106 Å². The molecule has 0 aliphatic carbocycles. The van der Waals surface area contributed by atoms with Gasteiger partial charge in [-0.05, 0) is 29.7 Å². The minimum atomic E-state index is 0.752. The maximum Gasteiger partial charge on any atom is 0.191 e. The summed E-state index contributed by atoms with van der Waals surface area (Å²) in [5.74, 6) is 1.87. The molecule has 3 aromatic carbocycles. The van der Waals surface area contributed by atoms with Gasteiger partial charge in [0.2, 0.25) is 0 Å². The topological polar surface area (TPSA) is 46.5 Å². The first-order valence-corrected chi connectivity index (χ1v) is 11.5. The summed E-state index contributed by atoms with van der Waals surface area (Å²) in [6.45, 7) is 2.90. The van der Waals surface area contributed by atoms with Crippen LogP contribution in [0.4, 0.5) is 0 Å². The van der Waals surface area contributed by atoms with Crippen molar-refractivity contribution in [3.63, 3.8) is 0 Å². The van der Waals surface area contributed by atoms with Gasteiger partial charge in [0.25, 0.3) is 0 Å². The summed E-state index contributed by atoms with van der Waals surface area (Å²) in [5.41, 5.74) is 6.19. The van der Waals surface area contributed by atoms with Gasteiger partial charge in [0.1, 0.15) is 5.82 Å². The van der Waals surface area contributed by atoms with Crippen molar-refractivity contribution in [2.75, 3.05) is 0 Å². The summed E-state index contributed by atoms with van der Waals surface area (Å²) in [7, 11) is 0. The highest BCUT2D eigenvalue weighted by molar-refractivity contribution is 7.98. The van der Waals surface area contributed by atoms with Crippen LogP contribution in [0.1, 0.15) is 28.2 Å². The number of aromatic nitrogens is 4. The molecule has 31 heavy (non-hydrogen) atoms. The molecule has 0 atom stereocenters. The first-order chi connectivity index (χ1) is 15.3. The second-order valence-corrected chi connectivity index (χ2v) is 8.64. The summed E-state index contributed by atoms with van der Waals surface area (Å²) in [6.07, 6.45) is 0.752. The van der Waals surface area contributed by atoms with E-state index in [1.54, 1.807) is 11.8 Å². The molecule has 2 aromatic heterocycles. The summed E-state index contributed by atoms with van der Waals surface area (Å²) < 4.78 is 2.27. The average Bonchev–Trinajstić information content (AvgIpc) is 3.34. The van der Waals surface area contributed by atoms with E-state index in [-0.39, 0.29) is 0 Å². The Bertz CT molecular complexity index is 1290. The molecule has 0 unspecified atom stereocenters. The Kier molecular flexibility index (Phi) is 5.59. The van der Waals surface area contributed by atoms with Crippen molar-refractivity contribution >= 4 is 22.7 Å². The molecule has 2 heterocycles. The molecular formula is C26H24N4S. The second-order valence-electron chi connectivity index (χ2n) is 7.70. The molecule has 5 heteroatoms. The van der Waals surface area contributed by atoms with E-state index in [1.807, 2.05) is 6.07 Å². The molecule has 5 rings (SSSR count). The van der Waals surface area contributed by atoms with Gasteiger partial charge in [-0.25, -0.2) is 0 Å². The van der Waals surface area contributed by atoms with Crippen LogP contribution in [-0.4, -0.2) is 19.7 Å². The van der Waals surface area contributed by atoms with Crippen LogP contribution in [-0.2, 0) is 18.7 Å². The zero-order chi connectivity index (χ0) is 21.0. The van der Waals surface area contributed by atoms with Crippen LogP contribution in [0.2, 0.25) is 0 Å². The first-order valence-electron chi connectivity index (χ1n) is 10.5. The molecule has 0 saturated heterocycles. The fourth-order valence-corrected chi connectivity index (χ4v) is 4.84. The highest BCUT2D eigenvalue weighted by atomic mass is 32.2. The fraction of sp³-hybridized carbons (Fsp3) is 0.154. The SMILES string of the molecule is Cc1[nH]c2ccccc2c1Cc1nnc(SCc2ccccc2)n1Cc1ccccc1. The number of benzene rings is 3. The number of hydrogen-bond donors (Lipinski definition) is 1. The lowest BCUT2D eigenvalue weighted by Gasteiger charge is -2.11. The molecule has 154 valence electrons. The number of aromatic amines is 1. The van der Waals surface area contributed by atoms with Crippen molar-refractivity contribution in [2.45, 2.75) is 30.8 Å². The first kappa shape index (κ1) is 19.6. The van der Waals surface area contributed by atoms with E-state index >= 15 is 0 Å². The Labute approximate surface area is 186 Å². The van der Waals surface area contributed by atoms with E-state index in [0.29, 0.717) is 0 Å². The summed E-state index contributed by atoms with van der Waals surface area (Å²) in [4.78, 5) is 3.51. The Hall–Kier alpha value is -3.31. The zero-order valence-corrected chi connectivity index (χ0v) is 18.3. The van der Waals surface area contributed by atoms with Gasteiger partial charge in [-0.1, -0.05) is 90.6 Å². The molecule has 0 amide bonds. The van der Waals surface area contributed by atoms with E-state index in [1.165, 1.54) is 33.3 Å². The van der Waals surface area contributed by atoms with Crippen molar-refractivity contribution < 1.29 is 0 Å². The predicted molar refractivity (Wildman–Crippen MR) is 127 cm³/mol. The van der Waals surface area contributed by atoms with Gasteiger partial charge in [-0.3, -0.25) is 0 Å². The third kappa shape index (κ3) is 4.28. The highest BCUT2D eigenvalue weighted by Crippen LogP contribution is 2.27. The summed E-state index contributed by atoms with van der Waals surface area (Å²) in [5, 5.41) is 11.4. The molecule has 0 aliphatic rings. The monoisotopic (exact) mass is 424 g/mol. The minimum Gasteiger partial charge on any atom is -0.358 e. The average molecular weight is 425 g/mol. The van der Waals surface area contributed by atoms with Crippen LogP contribution in [0, 0.1) is 6.92 Å². The summed E-state index contributed by atoms with van der Waals surface area (Å²) >= 11 is 1.74. The molecule has 0 spiro atoms. The van der Waals surface area contributed by atoms with E-state index in [9.17, 15) is 0 Å². The van der Waals surface area contributed by atoms with Gasteiger partial charge in [-0.15, -0.1) is 10.2 Å². The molecule has 5 aromatic rings. The lowest BCUT2D eigenvalue weighted by molar-refractivity contribution is 0.676. The number of nitrogens with zero attached hydrogens (tertiary/aromatic N) is 3. The predicted octanol–water partition coefficient (Wildman–Crippen LogP) is 6.00. The summed E-state index contributed by atoms with van der Waals surface area (Å²) in [6, 6.07) is 29.5. The number of rotatable bonds is 7. The molecular weight excluding hydrogens is 400 g/mol. The fourth-order valence-electron chi connectivity index (χ4n) is 3.92. The van der Waals surface area contributed by atoms with Crippen LogP contribution in [0.5, 0.6) is 0 Å². The normalized spacial score (nSPS) is 11.3. The quantitative estimate of drug-likeness (QED) is 0.326. The van der Waals surface area contributed by atoms with Gasteiger partial charge in [0.05, 0.1) is 6.54 Å². The number of para-hydroxylation sites is 1. The minimum absolute atomic E-state index is 0.752. The lowest BCUT2D eigenvalue weighted by Crippen LogP contribution is -2.08. The second kappa shape index (κ2) is 8.82. The largest absolute Gasteiger partial charge is 0.358 e. The maximum atomic E-state index is 4.63. The van der Waals surface area contributed by atoms with E-state index < -0.39 is 0 Å². The third-order valence-corrected chi connectivity index (χ3v) is 6.59. The van der Waals surface area contributed by atoms with E-state index in [0.717, 1.165) is 29.7 Å². The van der Waals surface area contributed by atoms with Crippen LogP contribution in [0.15, 0.2) is 90.1 Å². The Morgan fingerprint density at radius 2 is 1.48 bits per heavy atom. The van der Waals surface area contributed by atoms with Crippen LogP contribution in [0.3, 0.4) is 0 Å². The smallest absolute Gasteiger partial charge is 0.191 e. The third-order valence-electron chi connectivity index (χ3n) is 5.55. The van der Waals surface area contributed by atoms with E-state index in [4.69, 9.17) is 0 Å². The standard InChI is InChI=1S/C26H24N4S/c1-19-23(22-14-8-9-15-24(22)27-19)16-25-28-29-26(31-18-21-12-6-3-7-13-21)30(25)17-20-10-4-2-5-11-20/h2-15,27H,16-18H2,1H3. The number of thioether (sulfide) groups is 1. The molecule has 0 aliphatic heterocycles. The van der Waals surface area contributed by atoms with Gasteiger partial charge in [0.15, 0.2) is 5.16 Å². The molecule has 4 nitrogen and oxygen atoms in total. The number of H-pyrrole nitrogens is 1. The number of aryl methyl sites for hydroxylation is 1. The van der Waals surface area contributed by atoms with Gasteiger partial charge in [-0.2, -0.15) is 0 Å². The van der Waals surface area contributed by atoms with Gasteiger partial charge in [0, 0.05) is 28.8 Å². The zero-order valence-electron chi connectivity index (χ0n) is 17.5. The lowest BCUT2D eigenvalue weighted by atomic mass is 10.1. The van der Waals surface area contributed by atoms with Gasteiger partial charge >= 0.3 is 0 Å². The van der Waals surface area contributed by atoms with Gasteiger partial charge < -0.3 is 9.55 Å². The Balaban J connectivity index is 1.48. The van der Waals surface area contributed by atoms with Crippen molar-refractivity contribution in [1.82, 2.24) is 19.7 Å². The van der Waals surface area contributed by atoms with Crippen molar-refractivity contribution in [1.29, 1.82) is 0 Å². The maximum absolute atomic E-state index is 4.63. The Morgan fingerprint density at radius 3 is 2.26 bits per heavy atom.